The van der Waals surface area contributed by atoms with E-state index in [1.54, 1.807) is 11.3 Å². The Morgan fingerprint density at radius 1 is 1.56 bits per heavy atom. The van der Waals surface area contributed by atoms with Gasteiger partial charge in [0.25, 0.3) is 0 Å². The van der Waals surface area contributed by atoms with Crippen molar-refractivity contribution in [2.75, 3.05) is 7.11 Å². The molecule has 0 aliphatic heterocycles. The highest BCUT2D eigenvalue weighted by atomic mass is 32.1. The third kappa shape index (κ3) is 2.44. The summed E-state index contributed by atoms with van der Waals surface area (Å²) >= 11 is 1.80. The minimum atomic E-state index is -0.523. The van der Waals surface area contributed by atoms with Gasteiger partial charge < -0.3 is 10.5 Å². The van der Waals surface area contributed by atoms with Crippen LogP contribution in [0.5, 0.6) is 0 Å². The molecule has 1 aromatic rings. The second-order valence-electron chi connectivity index (χ2n) is 4.20. The number of aryl methyl sites for hydroxylation is 2. The Kier molecular flexibility index (Phi) is 3.61. The van der Waals surface area contributed by atoms with E-state index in [-0.39, 0.29) is 5.97 Å². The van der Waals surface area contributed by atoms with Gasteiger partial charge in [-0.15, -0.1) is 11.3 Å². The lowest BCUT2D eigenvalue weighted by Gasteiger charge is -2.08. The predicted octanol–water partition coefficient (Wildman–Crippen LogP) is 1.67. The zero-order chi connectivity index (χ0) is 11.5. The summed E-state index contributed by atoms with van der Waals surface area (Å²) in [5, 5.41) is 0. The number of nitrogens with two attached hydrogens (primary N) is 1. The van der Waals surface area contributed by atoms with Crippen molar-refractivity contribution in [2.45, 2.75) is 38.1 Å². The Bertz CT molecular complexity index is 363. The van der Waals surface area contributed by atoms with Gasteiger partial charge >= 0.3 is 5.97 Å². The molecule has 1 unspecified atom stereocenters. The molecule has 2 rings (SSSR count). The summed E-state index contributed by atoms with van der Waals surface area (Å²) < 4.78 is 4.63. The monoisotopic (exact) mass is 239 g/mol. The average Bonchev–Trinajstić information content (AvgIpc) is 2.69. The number of carbonyl (C=O) groups excluding carboxylic acids is 1. The highest BCUT2D eigenvalue weighted by molar-refractivity contribution is 7.12. The molecule has 1 aromatic heterocycles. The average molecular weight is 239 g/mol. The molecule has 16 heavy (non-hydrogen) atoms. The van der Waals surface area contributed by atoms with Gasteiger partial charge in [0, 0.05) is 16.2 Å². The Labute approximate surface area is 99.6 Å². The molecule has 1 aliphatic carbocycles. The minimum absolute atomic E-state index is 0.327. The molecule has 88 valence electrons. The fourth-order valence-electron chi connectivity index (χ4n) is 2.10. The normalized spacial score (nSPS) is 16.6. The van der Waals surface area contributed by atoms with Gasteiger partial charge in [-0.2, -0.15) is 0 Å². The first kappa shape index (κ1) is 11.6. The molecule has 4 heteroatoms. The van der Waals surface area contributed by atoms with Crippen molar-refractivity contribution in [2.24, 2.45) is 5.73 Å². The van der Waals surface area contributed by atoms with E-state index in [1.807, 2.05) is 0 Å². The zero-order valence-electron chi connectivity index (χ0n) is 9.49. The molecule has 0 saturated carbocycles. The van der Waals surface area contributed by atoms with E-state index in [9.17, 15) is 4.79 Å². The van der Waals surface area contributed by atoms with Gasteiger partial charge in [-0.1, -0.05) is 0 Å². The van der Waals surface area contributed by atoms with Crippen molar-refractivity contribution >= 4 is 17.3 Å². The first-order chi connectivity index (χ1) is 7.70. The quantitative estimate of drug-likeness (QED) is 0.816. The van der Waals surface area contributed by atoms with E-state index in [2.05, 4.69) is 10.8 Å². The first-order valence-electron chi connectivity index (χ1n) is 5.64. The second kappa shape index (κ2) is 4.97. The van der Waals surface area contributed by atoms with Gasteiger partial charge in [0.05, 0.1) is 7.11 Å². The van der Waals surface area contributed by atoms with Crippen molar-refractivity contribution in [1.82, 2.24) is 0 Å². The SMILES string of the molecule is COC(=O)C(N)Cc1cc2c(s1)CCCC2. The van der Waals surface area contributed by atoms with Gasteiger partial charge in [-0.25, -0.2) is 0 Å². The van der Waals surface area contributed by atoms with Crippen molar-refractivity contribution in [3.05, 3.63) is 21.4 Å². The number of ether oxygens (including phenoxy) is 1. The molecule has 0 radical (unpaired) electrons. The maximum atomic E-state index is 11.2. The van der Waals surface area contributed by atoms with E-state index >= 15 is 0 Å². The molecular weight excluding hydrogens is 222 g/mol. The van der Waals surface area contributed by atoms with Crippen LogP contribution in [0.4, 0.5) is 0 Å². The van der Waals surface area contributed by atoms with E-state index in [1.165, 1.54) is 48.1 Å². The third-order valence-corrected chi connectivity index (χ3v) is 4.23. The second-order valence-corrected chi connectivity index (χ2v) is 5.42. The highest BCUT2D eigenvalue weighted by Gasteiger charge is 2.18. The van der Waals surface area contributed by atoms with E-state index < -0.39 is 6.04 Å². The van der Waals surface area contributed by atoms with Crippen molar-refractivity contribution < 1.29 is 9.53 Å². The maximum Gasteiger partial charge on any atom is 0.323 e. The maximum absolute atomic E-state index is 11.2. The summed E-state index contributed by atoms with van der Waals surface area (Å²) in [6, 6.07) is 1.69. The predicted molar refractivity (Wildman–Crippen MR) is 64.7 cm³/mol. The summed E-state index contributed by atoms with van der Waals surface area (Å²) in [5.41, 5.74) is 7.21. The first-order valence-corrected chi connectivity index (χ1v) is 6.46. The number of thiophene rings is 1. The molecule has 3 nitrogen and oxygen atoms in total. The molecule has 0 bridgehead atoms. The van der Waals surface area contributed by atoms with E-state index in [0.717, 1.165) is 0 Å². The molecule has 0 amide bonds. The fourth-order valence-corrected chi connectivity index (χ4v) is 3.42. The molecule has 0 spiro atoms. The van der Waals surface area contributed by atoms with Gasteiger partial charge in [-0.3, -0.25) is 4.79 Å². The third-order valence-electron chi connectivity index (χ3n) is 2.97. The summed E-state index contributed by atoms with van der Waals surface area (Å²) in [5.74, 6) is -0.327. The van der Waals surface area contributed by atoms with Crippen LogP contribution in [-0.2, 0) is 28.8 Å². The molecule has 0 aromatic carbocycles. The lowest BCUT2D eigenvalue weighted by molar-refractivity contribution is -0.142. The van der Waals surface area contributed by atoms with Gasteiger partial charge in [0.2, 0.25) is 0 Å². The molecule has 2 N–H and O–H groups in total. The number of fused-ring (bicyclic) bond motifs is 1. The number of hydrogen-bond acceptors (Lipinski definition) is 4. The van der Waals surface area contributed by atoms with E-state index in [0.29, 0.717) is 6.42 Å². The van der Waals surface area contributed by atoms with Crippen LogP contribution in [0.1, 0.15) is 28.2 Å². The summed E-state index contributed by atoms with van der Waals surface area (Å²) in [6.07, 6.45) is 5.54. The highest BCUT2D eigenvalue weighted by Crippen LogP contribution is 2.30. The lowest BCUT2D eigenvalue weighted by atomic mass is 9.99. The Balaban J connectivity index is 2.04. The number of carbonyl (C=O) groups is 1. The molecule has 0 saturated heterocycles. The van der Waals surface area contributed by atoms with Gasteiger partial charge in [0.15, 0.2) is 0 Å². The fraction of sp³-hybridized carbons (Fsp3) is 0.583. The standard InChI is InChI=1S/C12H17NO2S/c1-15-12(14)10(13)7-9-6-8-4-2-3-5-11(8)16-9/h6,10H,2-5,7,13H2,1H3. The zero-order valence-corrected chi connectivity index (χ0v) is 10.3. The summed E-state index contributed by atoms with van der Waals surface area (Å²) in [6.45, 7) is 0. The van der Waals surface area contributed by atoms with Crippen molar-refractivity contribution in [1.29, 1.82) is 0 Å². The van der Waals surface area contributed by atoms with Crippen molar-refractivity contribution in [3.63, 3.8) is 0 Å². The Hall–Kier alpha value is -0.870. The smallest absolute Gasteiger partial charge is 0.323 e. The van der Waals surface area contributed by atoms with Gasteiger partial charge in [0.1, 0.15) is 6.04 Å². The summed E-state index contributed by atoms with van der Waals surface area (Å²) in [7, 11) is 1.38. The van der Waals surface area contributed by atoms with Crippen LogP contribution in [0.2, 0.25) is 0 Å². The van der Waals surface area contributed by atoms with Crippen LogP contribution < -0.4 is 5.73 Å². The summed E-state index contributed by atoms with van der Waals surface area (Å²) in [4.78, 5) is 13.9. The number of hydrogen-bond donors (Lipinski definition) is 1. The Morgan fingerprint density at radius 2 is 2.31 bits per heavy atom. The van der Waals surface area contributed by atoms with Crippen LogP contribution in [0.3, 0.4) is 0 Å². The molecule has 1 aliphatic rings. The van der Waals surface area contributed by atoms with Gasteiger partial charge in [-0.05, 0) is 37.3 Å². The van der Waals surface area contributed by atoms with E-state index in [4.69, 9.17) is 5.73 Å². The minimum Gasteiger partial charge on any atom is -0.468 e. The number of rotatable bonds is 3. The van der Waals surface area contributed by atoms with Crippen LogP contribution in [-0.4, -0.2) is 19.1 Å². The number of esters is 1. The van der Waals surface area contributed by atoms with Crippen molar-refractivity contribution in [3.8, 4) is 0 Å². The largest absolute Gasteiger partial charge is 0.468 e. The molecular formula is C12H17NO2S. The van der Waals surface area contributed by atoms with Crippen LogP contribution in [0.25, 0.3) is 0 Å². The molecule has 1 atom stereocenters. The Morgan fingerprint density at radius 3 is 3.00 bits per heavy atom. The van der Waals surface area contributed by atoms with Crippen LogP contribution in [0, 0.1) is 0 Å². The lowest BCUT2D eigenvalue weighted by Crippen LogP contribution is -2.33. The van der Waals surface area contributed by atoms with Crippen LogP contribution in [0.15, 0.2) is 6.07 Å². The molecule has 0 fully saturated rings. The molecule has 1 heterocycles. The van der Waals surface area contributed by atoms with Crippen LogP contribution >= 0.6 is 11.3 Å². The number of methoxy groups -OCH3 is 1. The topological polar surface area (TPSA) is 52.3 Å².